The molecule has 1 saturated carbocycles. The summed E-state index contributed by atoms with van der Waals surface area (Å²) in [7, 11) is -3.40. The molecular weight excluding hydrogens is 516 g/mol. The van der Waals surface area contributed by atoms with E-state index in [1.54, 1.807) is 35.4 Å². The summed E-state index contributed by atoms with van der Waals surface area (Å²) in [5.74, 6) is 0.562. The SMILES string of the molecule is C[C@@H]1C(=O)N(c2ccc(NS(C)(=O)=O)cc2)C2=CNC(Nc3ccc4[nH]ncc4c3)=NC2N1C1CCCCC1. The molecule has 1 aliphatic carbocycles. The van der Waals surface area contributed by atoms with Crippen molar-refractivity contribution < 1.29 is 13.2 Å². The Bertz CT molecular complexity index is 1560. The molecule has 2 atom stereocenters. The summed E-state index contributed by atoms with van der Waals surface area (Å²) in [6.45, 7) is 1.96. The van der Waals surface area contributed by atoms with Crippen LogP contribution in [-0.4, -0.2) is 59.9 Å². The van der Waals surface area contributed by atoms with Gasteiger partial charge in [0.05, 0.1) is 29.7 Å². The first kappa shape index (κ1) is 25.4. The maximum Gasteiger partial charge on any atom is 0.248 e. The third-order valence-electron chi connectivity index (χ3n) is 7.57. The van der Waals surface area contributed by atoms with Crippen LogP contribution in [0.3, 0.4) is 0 Å². The lowest BCUT2D eigenvalue weighted by Gasteiger charge is -2.49. The van der Waals surface area contributed by atoms with E-state index >= 15 is 0 Å². The van der Waals surface area contributed by atoms with Gasteiger partial charge in [-0.3, -0.25) is 24.4 Å². The van der Waals surface area contributed by atoms with Gasteiger partial charge in [-0.15, -0.1) is 0 Å². The van der Waals surface area contributed by atoms with E-state index in [-0.39, 0.29) is 24.2 Å². The number of hydrogen-bond acceptors (Lipinski definition) is 8. The Hall–Kier alpha value is -3.90. The van der Waals surface area contributed by atoms with Gasteiger partial charge in [0.2, 0.25) is 21.9 Å². The number of guanidine groups is 1. The molecule has 1 saturated heterocycles. The highest BCUT2D eigenvalue weighted by atomic mass is 32.2. The minimum absolute atomic E-state index is 0.0364. The quantitative estimate of drug-likeness (QED) is 0.383. The first-order chi connectivity index (χ1) is 18.8. The summed E-state index contributed by atoms with van der Waals surface area (Å²) in [6, 6.07) is 12.7. The number of piperazine rings is 1. The fourth-order valence-electron chi connectivity index (χ4n) is 5.78. The lowest BCUT2D eigenvalue weighted by molar-refractivity contribution is -0.127. The van der Waals surface area contributed by atoms with Crippen LogP contribution in [0.25, 0.3) is 10.9 Å². The molecule has 0 spiro atoms. The second-order valence-corrected chi connectivity index (χ2v) is 12.1. The molecule has 0 bridgehead atoms. The van der Waals surface area contributed by atoms with Gasteiger partial charge in [-0.25, -0.2) is 13.4 Å². The third-order valence-corrected chi connectivity index (χ3v) is 8.17. The van der Waals surface area contributed by atoms with Crippen LogP contribution < -0.4 is 20.3 Å². The van der Waals surface area contributed by atoms with Crippen LogP contribution >= 0.6 is 0 Å². The smallest absolute Gasteiger partial charge is 0.248 e. The van der Waals surface area contributed by atoms with Crippen molar-refractivity contribution in [2.24, 2.45) is 4.99 Å². The molecule has 0 radical (unpaired) electrons. The maximum absolute atomic E-state index is 13.9. The zero-order chi connectivity index (χ0) is 27.1. The average Bonchev–Trinajstić information content (AvgIpc) is 3.38. The van der Waals surface area contributed by atoms with Crippen LogP contribution in [0.4, 0.5) is 17.1 Å². The van der Waals surface area contributed by atoms with Gasteiger partial charge in [0.1, 0.15) is 6.17 Å². The normalized spacial score (nSPS) is 22.6. The average molecular weight is 549 g/mol. The fourth-order valence-corrected chi connectivity index (χ4v) is 6.35. The molecule has 1 unspecified atom stereocenters. The van der Waals surface area contributed by atoms with Crippen molar-refractivity contribution in [1.29, 1.82) is 0 Å². The number of anilines is 3. The van der Waals surface area contributed by atoms with Crippen molar-refractivity contribution in [2.75, 3.05) is 21.2 Å². The topological polar surface area (TPSA) is 135 Å². The van der Waals surface area contributed by atoms with Crippen LogP contribution in [0.15, 0.2) is 65.6 Å². The Balaban J connectivity index is 1.33. The van der Waals surface area contributed by atoms with Gasteiger partial charge in [0.15, 0.2) is 0 Å². The highest BCUT2D eigenvalue weighted by Gasteiger charge is 2.46. The fraction of sp³-hybridized carbons (Fsp3) is 0.370. The first-order valence-electron chi connectivity index (χ1n) is 13.2. The van der Waals surface area contributed by atoms with E-state index in [2.05, 4.69) is 30.5 Å². The third kappa shape index (κ3) is 5.09. The lowest BCUT2D eigenvalue weighted by Crippen LogP contribution is -2.63. The molecule has 11 nitrogen and oxygen atoms in total. The molecule has 3 aliphatic rings. The molecule has 12 heteroatoms. The van der Waals surface area contributed by atoms with Crippen molar-refractivity contribution >= 4 is 49.9 Å². The van der Waals surface area contributed by atoms with E-state index in [4.69, 9.17) is 4.99 Å². The number of sulfonamides is 1. The van der Waals surface area contributed by atoms with Gasteiger partial charge in [0.25, 0.3) is 0 Å². The lowest BCUT2D eigenvalue weighted by atomic mass is 9.91. The zero-order valence-corrected chi connectivity index (χ0v) is 22.7. The minimum Gasteiger partial charge on any atom is -0.331 e. The number of aliphatic imine (C=N–C) groups is 1. The highest BCUT2D eigenvalue weighted by Crippen LogP contribution is 2.37. The molecule has 4 N–H and O–H groups in total. The number of carbonyl (C=O) groups is 1. The molecule has 1 aromatic heterocycles. The van der Waals surface area contributed by atoms with Gasteiger partial charge in [0, 0.05) is 34.7 Å². The van der Waals surface area contributed by atoms with Gasteiger partial charge < -0.3 is 10.6 Å². The number of fused-ring (bicyclic) bond motifs is 2. The van der Waals surface area contributed by atoms with E-state index < -0.39 is 10.0 Å². The monoisotopic (exact) mass is 548 g/mol. The second-order valence-electron chi connectivity index (χ2n) is 10.4. The number of rotatable bonds is 5. The number of aromatic nitrogens is 2. The predicted octanol–water partition coefficient (Wildman–Crippen LogP) is 3.54. The molecule has 6 rings (SSSR count). The van der Waals surface area contributed by atoms with Gasteiger partial charge in [-0.05, 0) is 62.2 Å². The van der Waals surface area contributed by atoms with Crippen LogP contribution in [-0.2, 0) is 14.8 Å². The number of hydrogen-bond donors (Lipinski definition) is 4. The maximum atomic E-state index is 13.9. The standard InChI is InChI=1S/C27H32N8O3S/c1-17-26(36)35(22-11-8-19(9-12-22)33-39(2,37)38)24-16-28-27(30-20-10-13-23-18(14-20)15-29-32-23)31-25(24)34(17)21-6-4-3-5-7-21/h8-17,21,25,33H,3-7H2,1-2H3,(H,29,32)(H2,28,30,31)/t17-,25?/m1/s1. The van der Waals surface area contributed by atoms with Crippen molar-refractivity contribution in [1.82, 2.24) is 20.4 Å². The van der Waals surface area contributed by atoms with Crippen molar-refractivity contribution in [3.8, 4) is 0 Å². The zero-order valence-electron chi connectivity index (χ0n) is 21.9. The number of nitrogens with one attached hydrogen (secondary N) is 4. The van der Waals surface area contributed by atoms with E-state index in [1.165, 1.54) is 6.42 Å². The predicted molar refractivity (Wildman–Crippen MR) is 153 cm³/mol. The number of H-pyrrole nitrogens is 1. The molecule has 1 amide bonds. The van der Waals surface area contributed by atoms with E-state index in [0.29, 0.717) is 17.3 Å². The van der Waals surface area contributed by atoms with E-state index in [0.717, 1.165) is 54.2 Å². The minimum atomic E-state index is -3.40. The Kier molecular flexibility index (Phi) is 6.51. The summed E-state index contributed by atoms with van der Waals surface area (Å²) in [5, 5.41) is 14.7. The van der Waals surface area contributed by atoms with Crippen molar-refractivity contribution in [3.05, 3.63) is 60.6 Å². The van der Waals surface area contributed by atoms with Crippen molar-refractivity contribution in [3.63, 3.8) is 0 Å². The van der Waals surface area contributed by atoms with Gasteiger partial charge in [-0.2, -0.15) is 5.10 Å². The van der Waals surface area contributed by atoms with Gasteiger partial charge in [-0.1, -0.05) is 19.3 Å². The highest BCUT2D eigenvalue weighted by molar-refractivity contribution is 7.92. The molecule has 2 aliphatic heterocycles. The molecule has 2 fully saturated rings. The Labute approximate surface area is 227 Å². The molecule has 3 heterocycles. The second kappa shape index (κ2) is 10.0. The van der Waals surface area contributed by atoms with Gasteiger partial charge >= 0.3 is 0 Å². The van der Waals surface area contributed by atoms with E-state index in [9.17, 15) is 13.2 Å². The number of nitrogens with zero attached hydrogens (tertiary/aromatic N) is 4. The largest absolute Gasteiger partial charge is 0.331 e. The Morgan fingerprint density at radius 3 is 2.51 bits per heavy atom. The summed E-state index contributed by atoms with van der Waals surface area (Å²) < 4.78 is 25.8. The molecular formula is C27H32N8O3S. The van der Waals surface area contributed by atoms with Crippen LogP contribution in [0.5, 0.6) is 0 Å². The van der Waals surface area contributed by atoms with E-state index in [1.807, 2.05) is 31.3 Å². The Morgan fingerprint density at radius 1 is 1.03 bits per heavy atom. The molecule has 3 aromatic rings. The summed E-state index contributed by atoms with van der Waals surface area (Å²) in [4.78, 5) is 22.9. The summed E-state index contributed by atoms with van der Waals surface area (Å²) in [6.07, 6.45) is 9.95. The molecule has 2 aromatic carbocycles. The summed E-state index contributed by atoms with van der Waals surface area (Å²) >= 11 is 0. The number of benzene rings is 2. The molecule has 204 valence electrons. The molecule has 39 heavy (non-hydrogen) atoms. The van der Waals surface area contributed by atoms with Crippen LogP contribution in [0, 0.1) is 0 Å². The van der Waals surface area contributed by atoms with Crippen molar-refractivity contribution in [2.45, 2.75) is 57.3 Å². The number of aromatic amines is 1. The van der Waals surface area contributed by atoms with Crippen LogP contribution in [0.1, 0.15) is 39.0 Å². The summed E-state index contributed by atoms with van der Waals surface area (Å²) in [5.41, 5.74) is 3.67. The Morgan fingerprint density at radius 2 is 1.77 bits per heavy atom. The first-order valence-corrected chi connectivity index (χ1v) is 15.1. The van der Waals surface area contributed by atoms with Crippen LogP contribution in [0.2, 0.25) is 0 Å². The number of amides is 1. The number of carbonyl (C=O) groups excluding carboxylic acids is 1.